The Morgan fingerprint density at radius 1 is 1.12 bits per heavy atom. The standard InChI is InChI=1S/C36H50N6O8S/c1-10-22-19-36(22,32(45)40-51(47,48)25-12-13-25)39-29(43)27-18-24(50-30-26-14-11-23(49-9)17-21(26)15-16-37-30)20-42(27)31(44)28(34(2,3)4)38-33(46)41(8)35(5,6)7/h10-11,14-17,22,24-25,27-28H,1,12-13,18-20H2,2-9H3,(H,38,46)(H,39,43)(H,40,45)/t22-,24?,27+,28-,36-/m1/s1. The number of amides is 5. The average Bonchev–Trinajstić information content (AvgIpc) is 3.98. The number of nitrogens with zero attached hydrogens (tertiary/aromatic N) is 3. The normalized spacial score (nSPS) is 23.9. The van der Waals surface area contributed by atoms with Crippen molar-refractivity contribution in [1.29, 1.82) is 0 Å². The monoisotopic (exact) mass is 726 g/mol. The summed E-state index contributed by atoms with van der Waals surface area (Å²) in [6, 6.07) is 4.62. The van der Waals surface area contributed by atoms with Crippen LogP contribution in [0, 0.1) is 11.3 Å². The van der Waals surface area contributed by atoms with E-state index < -0.39 is 79.6 Å². The van der Waals surface area contributed by atoms with E-state index in [0.717, 1.165) is 5.39 Å². The number of carbonyl (C=O) groups is 4. The van der Waals surface area contributed by atoms with Gasteiger partial charge in [-0.15, -0.1) is 6.58 Å². The molecule has 2 heterocycles. The molecule has 3 N–H and O–H groups in total. The fourth-order valence-electron chi connectivity index (χ4n) is 6.24. The Kier molecular flexibility index (Phi) is 10.1. The highest BCUT2D eigenvalue weighted by molar-refractivity contribution is 7.91. The molecule has 0 bridgehead atoms. The third-order valence-electron chi connectivity index (χ3n) is 10.0. The number of likely N-dealkylation sites (tertiary alicyclic amines) is 1. The topological polar surface area (TPSA) is 176 Å². The molecule has 15 heteroatoms. The first-order chi connectivity index (χ1) is 23.7. The summed E-state index contributed by atoms with van der Waals surface area (Å²) in [6.07, 6.45) is 3.51. The van der Waals surface area contributed by atoms with Gasteiger partial charge in [-0.1, -0.05) is 26.8 Å². The largest absolute Gasteiger partial charge is 0.497 e. The van der Waals surface area contributed by atoms with Gasteiger partial charge in [0.25, 0.3) is 5.91 Å². The van der Waals surface area contributed by atoms with Crippen LogP contribution in [0.2, 0.25) is 0 Å². The molecule has 1 saturated heterocycles. The van der Waals surface area contributed by atoms with Crippen molar-refractivity contribution < 1.29 is 37.1 Å². The van der Waals surface area contributed by atoms with Crippen LogP contribution in [-0.4, -0.2) is 102 Å². The molecule has 51 heavy (non-hydrogen) atoms. The lowest BCUT2D eigenvalue weighted by atomic mass is 9.85. The molecule has 1 aliphatic heterocycles. The van der Waals surface area contributed by atoms with Crippen molar-refractivity contribution >= 4 is 44.5 Å². The number of methoxy groups -OCH3 is 1. The number of benzene rings is 1. The van der Waals surface area contributed by atoms with E-state index >= 15 is 0 Å². The minimum absolute atomic E-state index is 0.0250. The molecule has 14 nitrogen and oxygen atoms in total. The number of nitrogens with one attached hydrogen (secondary N) is 3. The second-order valence-corrected chi connectivity index (χ2v) is 17.8. The van der Waals surface area contributed by atoms with E-state index in [2.05, 4.69) is 26.9 Å². The van der Waals surface area contributed by atoms with Crippen molar-refractivity contribution in [2.24, 2.45) is 11.3 Å². The lowest BCUT2D eigenvalue weighted by Gasteiger charge is -2.38. The Morgan fingerprint density at radius 3 is 2.37 bits per heavy atom. The summed E-state index contributed by atoms with van der Waals surface area (Å²) in [5.74, 6) is -1.56. The molecule has 278 valence electrons. The fourth-order valence-corrected chi connectivity index (χ4v) is 7.60. The molecular weight excluding hydrogens is 676 g/mol. The minimum Gasteiger partial charge on any atom is -0.497 e. The van der Waals surface area contributed by atoms with E-state index in [1.54, 1.807) is 26.4 Å². The van der Waals surface area contributed by atoms with Gasteiger partial charge in [-0.05, 0) is 75.1 Å². The van der Waals surface area contributed by atoms with E-state index in [4.69, 9.17) is 9.47 Å². The SMILES string of the molecule is C=C[C@@H]1C[C@]1(NC(=O)[C@@H]1CC(Oc2nccc3cc(OC)ccc23)CN1C(=O)[C@@H](NC(=O)N(C)C(C)(C)C)C(C)(C)C)C(=O)NS(=O)(=O)C1CC1. The maximum absolute atomic E-state index is 14.6. The number of pyridine rings is 1. The van der Waals surface area contributed by atoms with Gasteiger partial charge in [0, 0.05) is 36.5 Å². The van der Waals surface area contributed by atoms with Crippen LogP contribution in [-0.2, 0) is 24.4 Å². The number of hydrogen-bond donors (Lipinski definition) is 3. The van der Waals surface area contributed by atoms with Crippen LogP contribution in [0.15, 0.2) is 43.1 Å². The van der Waals surface area contributed by atoms with Crippen molar-refractivity contribution in [3.63, 3.8) is 0 Å². The number of sulfonamides is 1. The Hall–Kier alpha value is -4.40. The highest BCUT2D eigenvalue weighted by Crippen LogP contribution is 2.45. The summed E-state index contributed by atoms with van der Waals surface area (Å²) in [5, 5.41) is 6.57. The zero-order valence-corrected chi connectivity index (χ0v) is 31.4. The molecule has 3 aliphatic rings. The zero-order chi connectivity index (χ0) is 37.7. The van der Waals surface area contributed by atoms with Crippen molar-refractivity contribution in [3.05, 3.63) is 43.1 Å². The van der Waals surface area contributed by atoms with Crippen LogP contribution in [0.4, 0.5) is 4.79 Å². The predicted molar refractivity (Wildman–Crippen MR) is 191 cm³/mol. The second kappa shape index (κ2) is 13.6. The maximum Gasteiger partial charge on any atom is 0.318 e. The van der Waals surface area contributed by atoms with Crippen LogP contribution in [0.1, 0.15) is 67.2 Å². The van der Waals surface area contributed by atoms with Gasteiger partial charge >= 0.3 is 6.03 Å². The summed E-state index contributed by atoms with van der Waals surface area (Å²) in [6.45, 7) is 14.8. The molecule has 1 unspecified atom stereocenters. The first-order valence-corrected chi connectivity index (χ1v) is 18.7. The third kappa shape index (κ3) is 7.92. The van der Waals surface area contributed by atoms with Crippen molar-refractivity contribution in [3.8, 4) is 11.6 Å². The predicted octanol–water partition coefficient (Wildman–Crippen LogP) is 3.12. The van der Waals surface area contributed by atoms with E-state index in [1.165, 1.54) is 15.9 Å². The molecule has 2 aromatic rings. The smallest absolute Gasteiger partial charge is 0.318 e. The maximum atomic E-state index is 14.6. The van der Waals surface area contributed by atoms with Gasteiger partial charge in [0.05, 0.1) is 18.9 Å². The number of carbonyl (C=O) groups excluding carboxylic acids is 4. The quantitative estimate of drug-likeness (QED) is 0.294. The summed E-state index contributed by atoms with van der Waals surface area (Å²) in [5.41, 5.74) is -2.85. The molecule has 0 spiro atoms. The Balaban J connectivity index is 1.45. The van der Waals surface area contributed by atoms with Gasteiger partial charge in [-0.25, -0.2) is 18.2 Å². The number of aromatic nitrogens is 1. The van der Waals surface area contributed by atoms with Gasteiger partial charge < -0.3 is 29.9 Å². The number of hydrogen-bond acceptors (Lipinski definition) is 9. The Labute approximate surface area is 299 Å². The molecule has 3 fully saturated rings. The molecule has 2 aliphatic carbocycles. The number of urea groups is 1. The highest BCUT2D eigenvalue weighted by Gasteiger charge is 2.62. The van der Waals surface area contributed by atoms with Crippen molar-refractivity contribution in [2.45, 2.75) is 102 Å². The summed E-state index contributed by atoms with van der Waals surface area (Å²) >= 11 is 0. The van der Waals surface area contributed by atoms with Crippen molar-refractivity contribution in [2.75, 3.05) is 20.7 Å². The lowest BCUT2D eigenvalue weighted by molar-refractivity contribution is -0.142. The fraction of sp³-hybridized carbons (Fsp3) is 0.583. The van der Waals surface area contributed by atoms with Gasteiger partial charge in [-0.2, -0.15) is 0 Å². The Bertz CT molecular complexity index is 1830. The summed E-state index contributed by atoms with van der Waals surface area (Å²) < 4.78 is 39.3. The van der Waals surface area contributed by atoms with Gasteiger partial charge in [0.1, 0.15) is 29.5 Å². The van der Waals surface area contributed by atoms with Gasteiger partial charge in [-0.3, -0.25) is 19.1 Å². The number of rotatable bonds is 11. The van der Waals surface area contributed by atoms with Crippen LogP contribution in [0.5, 0.6) is 11.6 Å². The molecule has 5 rings (SSSR count). The van der Waals surface area contributed by atoms with Gasteiger partial charge in [0.15, 0.2) is 0 Å². The molecule has 5 atom stereocenters. The van der Waals surface area contributed by atoms with E-state index in [9.17, 15) is 27.6 Å². The molecule has 1 aromatic carbocycles. The lowest BCUT2D eigenvalue weighted by Crippen LogP contribution is -2.61. The van der Waals surface area contributed by atoms with E-state index in [-0.39, 0.29) is 19.4 Å². The number of fused-ring (bicyclic) bond motifs is 1. The van der Waals surface area contributed by atoms with E-state index in [1.807, 2.05) is 59.7 Å². The first kappa shape index (κ1) is 37.8. The van der Waals surface area contributed by atoms with Gasteiger partial charge in [0.2, 0.25) is 27.7 Å². The van der Waals surface area contributed by atoms with Crippen LogP contribution in [0.3, 0.4) is 0 Å². The zero-order valence-electron chi connectivity index (χ0n) is 30.6. The molecule has 2 saturated carbocycles. The summed E-state index contributed by atoms with van der Waals surface area (Å²) in [4.78, 5) is 63.0. The Morgan fingerprint density at radius 2 is 1.80 bits per heavy atom. The minimum atomic E-state index is -3.89. The van der Waals surface area contributed by atoms with E-state index in [0.29, 0.717) is 29.9 Å². The molecule has 1 aromatic heterocycles. The van der Waals surface area contributed by atoms with Crippen LogP contribution in [0.25, 0.3) is 10.8 Å². The van der Waals surface area contributed by atoms with Crippen LogP contribution < -0.4 is 24.8 Å². The van der Waals surface area contributed by atoms with Crippen LogP contribution >= 0.6 is 0 Å². The second-order valence-electron chi connectivity index (χ2n) is 15.8. The molecular formula is C36H50N6O8S. The third-order valence-corrected chi connectivity index (χ3v) is 11.8. The molecule has 0 radical (unpaired) electrons. The highest BCUT2D eigenvalue weighted by atomic mass is 32.2. The number of ether oxygens (including phenoxy) is 2. The summed E-state index contributed by atoms with van der Waals surface area (Å²) in [7, 11) is -0.679. The molecule has 5 amide bonds. The first-order valence-electron chi connectivity index (χ1n) is 17.2. The average molecular weight is 727 g/mol. The van der Waals surface area contributed by atoms with Crippen molar-refractivity contribution in [1.82, 2.24) is 30.1 Å².